The summed E-state index contributed by atoms with van der Waals surface area (Å²) in [6.45, 7) is 8.16. The smallest absolute Gasteiger partial charge is 0.236 e. The molecule has 0 radical (unpaired) electrons. The van der Waals surface area contributed by atoms with Crippen LogP contribution >= 0.6 is 23.1 Å². The van der Waals surface area contributed by atoms with Gasteiger partial charge in [0.05, 0.1) is 11.4 Å². The van der Waals surface area contributed by atoms with Crippen molar-refractivity contribution < 1.29 is 4.79 Å². The Hall–Kier alpha value is -2.39. The summed E-state index contributed by atoms with van der Waals surface area (Å²) >= 11 is 2.65. The summed E-state index contributed by atoms with van der Waals surface area (Å²) in [5, 5.41) is 14.1. The van der Waals surface area contributed by atoms with Gasteiger partial charge in [-0.15, -0.1) is 21.5 Å². The minimum atomic E-state index is -0.213. The highest BCUT2D eigenvalue weighted by Crippen LogP contribution is 2.26. The van der Waals surface area contributed by atoms with Gasteiger partial charge < -0.3 is 11.2 Å². The predicted molar refractivity (Wildman–Crippen MR) is 115 cm³/mol. The first kappa shape index (κ1) is 20.3. The zero-order chi connectivity index (χ0) is 20.3. The molecule has 0 bridgehead atoms. The van der Waals surface area contributed by atoms with Crippen molar-refractivity contribution >= 4 is 34.1 Å². The van der Waals surface area contributed by atoms with Crippen LogP contribution < -0.4 is 11.2 Å². The van der Waals surface area contributed by atoms with Crippen LogP contribution in [0, 0.1) is 0 Å². The molecule has 148 valence electrons. The topological polar surface area (TPSA) is 98.7 Å². The van der Waals surface area contributed by atoms with Crippen LogP contribution in [-0.2, 0) is 16.6 Å². The highest BCUT2D eigenvalue weighted by molar-refractivity contribution is 7.99. The number of anilines is 1. The van der Waals surface area contributed by atoms with Crippen molar-refractivity contribution in [3.05, 3.63) is 41.0 Å². The van der Waals surface area contributed by atoms with E-state index in [1.165, 1.54) is 33.3 Å². The Morgan fingerprint density at radius 2 is 1.96 bits per heavy atom. The molecule has 7 nitrogen and oxygen atoms in total. The summed E-state index contributed by atoms with van der Waals surface area (Å²) in [7, 11) is 0. The number of carbonyl (C=O) groups excluding carboxylic acids is 1. The third-order valence-corrected chi connectivity index (χ3v) is 5.78. The SMILES string of the molecule is CCc1ccc(-c2csc(NC(=O)CSc3nnc(C(C)(C)C)n3N)n2)cc1. The Labute approximate surface area is 172 Å². The van der Waals surface area contributed by atoms with E-state index in [0.29, 0.717) is 16.1 Å². The molecule has 0 fully saturated rings. The number of thioether (sulfide) groups is 1. The Bertz CT molecular complexity index is 956. The van der Waals surface area contributed by atoms with Gasteiger partial charge in [0.2, 0.25) is 11.1 Å². The van der Waals surface area contributed by atoms with Gasteiger partial charge in [0.25, 0.3) is 0 Å². The van der Waals surface area contributed by atoms with Gasteiger partial charge in [0.1, 0.15) is 0 Å². The maximum atomic E-state index is 12.3. The van der Waals surface area contributed by atoms with Crippen LogP contribution in [0.2, 0.25) is 0 Å². The van der Waals surface area contributed by atoms with Crippen molar-refractivity contribution in [2.75, 3.05) is 16.9 Å². The van der Waals surface area contributed by atoms with Crippen LogP contribution in [-0.4, -0.2) is 31.5 Å². The molecule has 3 N–H and O–H groups in total. The molecule has 0 saturated carbocycles. The number of hydrogen-bond donors (Lipinski definition) is 2. The molecule has 0 aliphatic rings. The van der Waals surface area contributed by atoms with E-state index < -0.39 is 0 Å². The minimum Gasteiger partial charge on any atom is -0.336 e. The van der Waals surface area contributed by atoms with Crippen LogP contribution in [0.5, 0.6) is 0 Å². The van der Waals surface area contributed by atoms with E-state index in [4.69, 9.17) is 5.84 Å². The maximum Gasteiger partial charge on any atom is 0.236 e. The van der Waals surface area contributed by atoms with Crippen LogP contribution in [0.25, 0.3) is 11.3 Å². The summed E-state index contributed by atoms with van der Waals surface area (Å²) in [4.78, 5) is 16.8. The lowest BCUT2D eigenvalue weighted by Crippen LogP contribution is -2.24. The fourth-order valence-electron chi connectivity index (χ4n) is 2.55. The number of aromatic nitrogens is 4. The van der Waals surface area contributed by atoms with E-state index in [-0.39, 0.29) is 17.1 Å². The first-order valence-corrected chi connectivity index (χ1v) is 10.8. The van der Waals surface area contributed by atoms with Gasteiger partial charge in [-0.05, 0) is 12.0 Å². The molecule has 9 heteroatoms. The van der Waals surface area contributed by atoms with E-state index in [9.17, 15) is 4.79 Å². The monoisotopic (exact) mass is 416 g/mol. The largest absolute Gasteiger partial charge is 0.336 e. The first-order valence-electron chi connectivity index (χ1n) is 8.96. The van der Waals surface area contributed by atoms with Gasteiger partial charge in [0, 0.05) is 16.4 Å². The molecule has 0 spiro atoms. The molecule has 3 aromatic rings. The summed E-state index contributed by atoms with van der Waals surface area (Å²) in [6.07, 6.45) is 1.00. The van der Waals surface area contributed by atoms with E-state index in [0.717, 1.165) is 17.7 Å². The second kappa shape index (κ2) is 8.32. The number of thiazole rings is 1. The second-order valence-electron chi connectivity index (χ2n) is 7.35. The molecule has 2 heterocycles. The number of benzene rings is 1. The van der Waals surface area contributed by atoms with E-state index in [1.54, 1.807) is 0 Å². The third-order valence-electron chi connectivity index (χ3n) is 4.08. The standard InChI is InChI=1S/C19H24N6OS2/c1-5-12-6-8-13(9-7-12)14-10-27-17(21-14)22-15(26)11-28-18-24-23-16(25(18)20)19(2,3)4/h6-10H,5,11,20H2,1-4H3,(H,21,22,26). The molecule has 0 unspecified atom stereocenters. The maximum absolute atomic E-state index is 12.3. The number of nitrogens with two attached hydrogens (primary N) is 1. The average molecular weight is 417 g/mol. The van der Waals surface area contributed by atoms with E-state index in [1.807, 2.05) is 26.2 Å². The fraction of sp³-hybridized carbons (Fsp3) is 0.368. The molecular formula is C19H24N6OS2. The Balaban J connectivity index is 1.58. The minimum absolute atomic E-state index is 0.160. The van der Waals surface area contributed by atoms with E-state index >= 15 is 0 Å². The van der Waals surface area contributed by atoms with Gasteiger partial charge in [-0.3, -0.25) is 4.79 Å². The van der Waals surface area contributed by atoms with Gasteiger partial charge in [-0.2, -0.15) is 0 Å². The summed E-state index contributed by atoms with van der Waals surface area (Å²) in [5.41, 5.74) is 2.96. The number of nitrogen functional groups attached to an aromatic ring is 1. The lowest BCUT2D eigenvalue weighted by molar-refractivity contribution is -0.113. The zero-order valence-corrected chi connectivity index (χ0v) is 18.0. The molecule has 3 rings (SSSR count). The number of amides is 1. The lowest BCUT2D eigenvalue weighted by atomic mass is 9.96. The number of aryl methyl sites for hydroxylation is 1. The molecule has 0 saturated heterocycles. The van der Waals surface area contributed by atoms with Crippen molar-refractivity contribution in [2.24, 2.45) is 0 Å². The zero-order valence-electron chi connectivity index (χ0n) is 16.4. The predicted octanol–water partition coefficient (Wildman–Crippen LogP) is 3.71. The number of nitrogens with one attached hydrogen (secondary N) is 1. The number of nitrogens with zero attached hydrogens (tertiary/aromatic N) is 4. The molecule has 0 atom stereocenters. The fourth-order valence-corrected chi connectivity index (χ4v) is 3.94. The molecule has 0 aliphatic carbocycles. The number of hydrogen-bond acceptors (Lipinski definition) is 7. The lowest BCUT2D eigenvalue weighted by Gasteiger charge is -2.16. The molecule has 0 aliphatic heterocycles. The van der Waals surface area contributed by atoms with Crippen molar-refractivity contribution in [1.29, 1.82) is 0 Å². The van der Waals surface area contributed by atoms with E-state index in [2.05, 4.69) is 51.7 Å². The Morgan fingerprint density at radius 1 is 1.25 bits per heavy atom. The molecule has 1 amide bonds. The summed E-state index contributed by atoms with van der Waals surface area (Å²) < 4.78 is 1.44. The van der Waals surface area contributed by atoms with Crippen molar-refractivity contribution in [2.45, 2.75) is 44.7 Å². The normalized spacial score (nSPS) is 11.6. The van der Waals surface area contributed by atoms with Crippen LogP contribution in [0.3, 0.4) is 0 Å². The molecule has 1 aromatic carbocycles. The Kier molecular flexibility index (Phi) is 6.04. The quantitative estimate of drug-likeness (QED) is 0.469. The van der Waals surface area contributed by atoms with Crippen molar-refractivity contribution in [1.82, 2.24) is 19.9 Å². The molecule has 2 aromatic heterocycles. The van der Waals surface area contributed by atoms with Gasteiger partial charge in [0.15, 0.2) is 11.0 Å². The van der Waals surface area contributed by atoms with Crippen molar-refractivity contribution in [3.63, 3.8) is 0 Å². The first-order chi connectivity index (χ1) is 13.3. The van der Waals surface area contributed by atoms with Crippen LogP contribution in [0.1, 0.15) is 39.1 Å². The highest BCUT2D eigenvalue weighted by atomic mass is 32.2. The van der Waals surface area contributed by atoms with Gasteiger partial charge in [-0.25, -0.2) is 9.66 Å². The van der Waals surface area contributed by atoms with Crippen LogP contribution in [0.4, 0.5) is 5.13 Å². The third kappa shape index (κ3) is 4.71. The van der Waals surface area contributed by atoms with Gasteiger partial charge in [-0.1, -0.05) is 63.7 Å². The Morgan fingerprint density at radius 3 is 2.57 bits per heavy atom. The molecule has 28 heavy (non-hydrogen) atoms. The average Bonchev–Trinajstić information content (AvgIpc) is 3.26. The number of carbonyl (C=O) groups is 1. The summed E-state index contributed by atoms with van der Waals surface area (Å²) in [6, 6.07) is 8.29. The van der Waals surface area contributed by atoms with Crippen molar-refractivity contribution in [3.8, 4) is 11.3 Å². The molecular weight excluding hydrogens is 392 g/mol. The number of rotatable bonds is 6. The summed E-state index contributed by atoms with van der Waals surface area (Å²) in [5.74, 6) is 6.74. The van der Waals surface area contributed by atoms with Gasteiger partial charge >= 0.3 is 0 Å². The highest BCUT2D eigenvalue weighted by Gasteiger charge is 2.23. The second-order valence-corrected chi connectivity index (χ2v) is 9.15. The van der Waals surface area contributed by atoms with Crippen LogP contribution in [0.15, 0.2) is 34.8 Å².